The summed E-state index contributed by atoms with van der Waals surface area (Å²) in [5, 5.41) is 0. The summed E-state index contributed by atoms with van der Waals surface area (Å²) >= 11 is 0. The second-order valence-electron chi connectivity index (χ2n) is 7.86. The normalized spacial score (nSPS) is 17.5. The molecule has 1 aromatic carbocycles. The molecule has 31 heavy (non-hydrogen) atoms. The van der Waals surface area contributed by atoms with Crippen molar-refractivity contribution < 1.29 is 12.8 Å². The van der Waals surface area contributed by atoms with Gasteiger partial charge in [-0.25, -0.2) is 18.4 Å². The third kappa shape index (κ3) is 3.55. The quantitative estimate of drug-likeness (QED) is 0.451. The number of imidazole rings is 1. The van der Waals surface area contributed by atoms with Gasteiger partial charge in [-0.15, -0.1) is 0 Å². The molecule has 0 unspecified atom stereocenters. The minimum absolute atomic E-state index is 0.0565. The van der Waals surface area contributed by atoms with Crippen LogP contribution in [0, 0.1) is 0 Å². The molecule has 8 heteroatoms. The first-order chi connectivity index (χ1) is 15.1. The van der Waals surface area contributed by atoms with Gasteiger partial charge in [-0.05, 0) is 48.7 Å². The van der Waals surface area contributed by atoms with Crippen LogP contribution in [0.5, 0.6) is 0 Å². The summed E-state index contributed by atoms with van der Waals surface area (Å²) in [4.78, 5) is 9.62. The Hall–Kier alpha value is -2.97. The molecule has 160 valence electrons. The van der Waals surface area contributed by atoms with Crippen molar-refractivity contribution in [3.05, 3.63) is 66.8 Å². The highest BCUT2D eigenvalue weighted by molar-refractivity contribution is 7.89. The number of sulfonamides is 1. The molecule has 4 heterocycles. The molecule has 7 nitrogen and oxygen atoms in total. The van der Waals surface area contributed by atoms with E-state index in [1.807, 2.05) is 30.3 Å². The highest BCUT2D eigenvalue weighted by Crippen LogP contribution is 2.34. The molecular weight excluding hydrogens is 412 g/mol. The van der Waals surface area contributed by atoms with Crippen LogP contribution in [0.3, 0.4) is 0 Å². The van der Waals surface area contributed by atoms with Crippen molar-refractivity contribution >= 4 is 21.2 Å². The molecule has 0 radical (unpaired) electrons. The molecule has 1 atom stereocenters. The molecule has 0 bridgehead atoms. The van der Waals surface area contributed by atoms with Crippen LogP contribution in [-0.2, 0) is 16.4 Å². The van der Waals surface area contributed by atoms with E-state index in [2.05, 4.69) is 16.5 Å². The average molecular weight is 437 g/mol. The molecule has 1 aliphatic rings. The van der Waals surface area contributed by atoms with Crippen molar-refractivity contribution in [3.8, 4) is 11.4 Å². The fourth-order valence-electron chi connectivity index (χ4n) is 4.28. The molecule has 0 spiro atoms. The standard InChI is InChI=1S/C23H24N4O3S/c1-2-4-17-6-8-20(9-7-17)31(28,29)26-13-10-19(15-26)27-22(18-11-14-30-16-18)25-21-5-3-12-24-23(21)27/h3,5-9,11-12,14,16,19H,2,4,10,13,15H2,1H3/t19-/m1/s1. The van der Waals surface area contributed by atoms with Gasteiger partial charge in [0.15, 0.2) is 5.65 Å². The van der Waals surface area contributed by atoms with Gasteiger partial charge in [-0.3, -0.25) is 0 Å². The Morgan fingerprint density at radius 3 is 2.74 bits per heavy atom. The van der Waals surface area contributed by atoms with Gasteiger partial charge in [-0.2, -0.15) is 4.31 Å². The zero-order valence-corrected chi connectivity index (χ0v) is 18.1. The Kier molecular flexibility index (Phi) is 5.11. The largest absolute Gasteiger partial charge is 0.472 e. The van der Waals surface area contributed by atoms with E-state index < -0.39 is 10.0 Å². The van der Waals surface area contributed by atoms with E-state index >= 15 is 0 Å². The van der Waals surface area contributed by atoms with Crippen LogP contribution < -0.4 is 0 Å². The lowest BCUT2D eigenvalue weighted by Crippen LogP contribution is -2.29. The summed E-state index contributed by atoms with van der Waals surface area (Å²) in [6, 6.07) is 12.8. The van der Waals surface area contributed by atoms with Crippen LogP contribution in [-0.4, -0.2) is 40.3 Å². The van der Waals surface area contributed by atoms with Crippen LogP contribution in [0.2, 0.25) is 0 Å². The summed E-state index contributed by atoms with van der Waals surface area (Å²) < 4.78 is 35.4. The van der Waals surface area contributed by atoms with E-state index in [9.17, 15) is 8.42 Å². The lowest BCUT2D eigenvalue weighted by Gasteiger charge is -2.18. The van der Waals surface area contributed by atoms with Gasteiger partial charge in [-0.1, -0.05) is 25.5 Å². The molecule has 0 amide bonds. The molecule has 1 aliphatic heterocycles. The average Bonchev–Trinajstić information content (AvgIpc) is 3.52. The maximum absolute atomic E-state index is 13.3. The summed E-state index contributed by atoms with van der Waals surface area (Å²) in [7, 11) is -3.55. The summed E-state index contributed by atoms with van der Waals surface area (Å²) in [5.41, 5.74) is 3.55. The Bertz CT molecular complexity index is 1290. The van der Waals surface area contributed by atoms with Gasteiger partial charge in [0.05, 0.1) is 22.8 Å². The van der Waals surface area contributed by atoms with Gasteiger partial charge in [0, 0.05) is 19.3 Å². The van der Waals surface area contributed by atoms with Gasteiger partial charge >= 0.3 is 0 Å². The Morgan fingerprint density at radius 1 is 1.16 bits per heavy atom. The number of aromatic nitrogens is 3. The first-order valence-electron chi connectivity index (χ1n) is 10.5. The van der Waals surface area contributed by atoms with Gasteiger partial charge in [0.1, 0.15) is 17.6 Å². The number of hydrogen-bond acceptors (Lipinski definition) is 5. The number of rotatable bonds is 6. The topological polar surface area (TPSA) is 81.2 Å². The number of nitrogens with zero attached hydrogens (tertiary/aromatic N) is 4. The molecule has 3 aromatic heterocycles. The smallest absolute Gasteiger partial charge is 0.243 e. The van der Waals surface area contributed by atoms with Crippen molar-refractivity contribution in [3.63, 3.8) is 0 Å². The zero-order valence-electron chi connectivity index (χ0n) is 17.3. The number of pyridine rings is 1. The first-order valence-corrected chi connectivity index (χ1v) is 12.0. The van der Waals surface area contributed by atoms with Crippen molar-refractivity contribution in [2.45, 2.75) is 37.1 Å². The minimum atomic E-state index is -3.55. The van der Waals surface area contributed by atoms with Crippen LogP contribution >= 0.6 is 0 Å². The van der Waals surface area contributed by atoms with E-state index in [1.54, 1.807) is 35.2 Å². The summed E-state index contributed by atoms with van der Waals surface area (Å²) in [5.74, 6) is 0.746. The van der Waals surface area contributed by atoms with Crippen molar-refractivity contribution in [1.29, 1.82) is 0 Å². The van der Waals surface area contributed by atoms with Crippen molar-refractivity contribution in [1.82, 2.24) is 18.8 Å². The maximum Gasteiger partial charge on any atom is 0.243 e. The van der Waals surface area contributed by atoms with Crippen LogP contribution in [0.25, 0.3) is 22.6 Å². The Balaban J connectivity index is 1.47. The Labute approximate surface area is 181 Å². The minimum Gasteiger partial charge on any atom is -0.472 e. The molecule has 1 fully saturated rings. The van der Waals surface area contributed by atoms with E-state index in [1.165, 1.54) is 0 Å². The fourth-order valence-corrected chi connectivity index (χ4v) is 5.77. The maximum atomic E-state index is 13.3. The Morgan fingerprint density at radius 2 is 2.00 bits per heavy atom. The summed E-state index contributed by atoms with van der Waals surface area (Å²) in [6.07, 6.45) is 7.68. The van der Waals surface area contributed by atoms with Crippen LogP contribution in [0.15, 0.2) is 70.5 Å². The molecule has 4 aromatic rings. The number of furan rings is 1. The third-order valence-corrected chi connectivity index (χ3v) is 7.70. The number of hydrogen-bond donors (Lipinski definition) is 0. The predicted molar refractivity (Wildman–Crippen MR) is 118 cm³/mol. The number of fused-ring (bicyclic) bond motifs is 1. The molecule has 0 N–H and O–H groups in total. The first kappa shape index (κ1) is 20.0. The second-order valence-corrected chi connectivity index (χ2v) is 9.80. The fraction of sp³-hybridized carbons (Fsp3) is 0.304. The molecule has 0 saturated carbocycles. The highest BCUT2D eigenvalue weighted by Gasteiger charge is 2.35. The molecule has 5 rings (SSSR count). The molecular formula is C23H24N4O3S. The number of benzene rings is 1. The van der Waals surface area contributed by atoms with Crippen molar-refractivity contribution in [2.24, 2.45) is 0 Å². The van der Waals surface area contributed by atoms with E-state index in [0.717, 1.165) is 41.0 Å². The zero-order chi connectivity index (χ0) is 21.4. The van der Waals surface area contributed by atoms with E-state index in [-0.39, 0.29) is 6.04 Å². The SMILES string of the molecule is CCCc1ccc(S(=O)(=O)N2CC[C@@H](n3c(-c4ccoc4)nc4cccnc43)C2)cc1. The lowest BCUT2D eigenvalue weighted by molar-refractivity contribution is 0.455. The lowest BCUT2D eigenvalue weighted by atomic mass is 10.1. The van der Waals surface area contributed by atoms with E-state index in [0.29, 0.717) is 24.4 Å². The summed E-state index contributed by atoms with van der Waals surface area (Å²) in [6.45, 7) is 2.95. The highest BCUT2D eigenvalue weighted by atomic mass is 32.2. The van der Waals surface area contributed by atoms with Gasteiger partial charge < -0.3 is 8.98 Å². The monoisotopic (exact) mass is 436 g/mol. The van der Waals surface area contributed by atoms with Gasteiger partial charge in [0.2, 0.25) is 10.0 Å². The number of aryl methyl sites for hydroxylation is 1. The van der Waals surface area contributed by atoms with Gasteiger partial charge in [0.25, 0.3) is 0 Å². The molecule has 0 aliphatic carbocycles. The van der Waals surface area contributed by atoms with Crippen LogP contribution in [0.4, 0.5) is 0 Å². The molecule has 1 saturated heterocycles. The van der Waals surface area contributed by atoms with E-state index in [4.69, 9.17) is 9.40 Å². The third-order valence-electron chi connectivity index (χ3n) is 5.82. The second kappa shape index (κ2) is 7.94. The van der Waals surface area contributed by atoms with Crippen molar-refractivity contribution in [2.75, 3.05) is 13.1 Å². The van der Waals surface area contributed by atoms with Crippen LogP contribution in [0.1, 0.15) is 31.4 Å². The predicted octanol–water partition coefficient (Wildman–Crippen LogP) is 4.28.